The average molecular weight is 1470 g/mol. The molecule has 0 N–H and O–H groups in total. The summed E-state index contributed by atoms with van der Waals surface area (Å²) >= 11 is 0. The molecule has 3 fully saturated rings. The number of hydrogen-bond donors (Lipinski definition) is 0. The van der Waals surface area contributed by atoms with Crippen molar-refractivity contribution in [2.75, 3.05) is 85.1 Å². The molecule has 15 rings (SSSR count). The molecule has 3 aromatic heterocycles. The van der Waals surface area contributed by atoms with Crippen molar-refractivity contribution in [3.63, 3.8) is 0 Å². The lowest BCUT2D eigenvalue weighted by Crippen LogP contribution is -2.61. The summed E-state index contributed by atoms with van der Waals surface area (Å²) in [6, 6.07) is 38.5. The number of cyclic esters (lactones) is 3. The summed E-state index contributed by atoms with van der Waals surface area (Å²) in [6.07, 6.45) is 9.64. The molecule has 24 nitrogen and oxygen atoms in total. The second-order valence-corrected chi connectivity index (χ2v) is 29.3. The number of nitrogens with zero attached hydrogens (tertiary/aromatic N) is 15. The number of rotatable bonds is 18. The molecule has 0 spiro atoms. The van der Waals surface area contributed by atoms with Crippen LogP contribution >= 0.6 is 0 Å². The molecular weight excluding hydrogens is 1380 g/mol. The number of alkyl halides is 3. The van der Waals surface area contributed by atoms with Gasteiger partial charge in [-0.3, -0.25) is 29.1 Å². The topological polar surface area (TPSA) is 242 Å². The number of benzene rings is 6. The second kappa shape index (κ2) is 33.6. The Balaban J connectivity index is 0.000000143. The number of esters is 3. The second-order valence-electron chi connectivity index (χ2n) is 29.3. The Morgan fingerprint density at radius 3 is 1.19 bits per heavy atom. The molecule has 0 radical (unpaired) electrons. The minimum Gasteiger partial charge on any atom is -0.459 e. The van der Waals surface area contributed by atoms with Crippen molar-refractivity contribution < 1.29 is 56.1 Å². The fraction of sp³-hybridized carbons (Fsp3) is 0.407. The summed E-state index contributed by atoms with van der Waals surface area (Å²) in [5, 5.41) is 12.3. The predicted octanol–water partition coefficient (Wildman–Crippen LogP) is 8.60. The van der Waals surface area contributed by atoms with Crippen LogP contribution in [0.5, 0.6) is 0 Å². The van der Waals surface area contributed by atoms with Crippen LogP contribution in [0.4, 0.5) is 13.2 Å². The fourth-order valence-corrected chi connectivity index (χ4v) is 15.1. The third-order valence-electron chi connectivity index (χ3n) is 20.9. The summed E-state index contributed by atoms with van der Waals surface area (Å²) in [4.78, 5) is 98.5. The van der Waals surface area contributed by atoms with Crippen molar-refractivity contribution in [1.82, 2.24) is 73.7 Å². The monoisotopic (exact) mass is 1470 g/mol. The molecule has 6 aliphatic rings. The minimum absolute atomic E-state index is 0.00753. The van der Waals surface area contributed by atoms with Crippen LogP contribution in [0.25, 0.3) is 17.1 Å². The highest BCUT2D eigenvalue weighted by molar-refractivity contribution is 5.93. The maximum absolute atomic E-state index is 14.0. The van der Waals surface area contributed by atoms with Crippen molar-refractivity contribution in [3.05, 3.63) is 232 Å². The molecule has 9 heterocycles. The third kappa shape index (κ3) is 19.0. The van der Waals surface area contributed by atoms with Crippen LogP contribution in [0.3, 0.4) is 0 Å². The fourth-order valence-electron chi connectivity index (χ4n) is 15.1. The van der Waals surface area contributed by atoms with E-state index in [1.54, 1.807) is 61.9 Å². The largest absolute Gasteiger partial charge is 0.459 e. The van der Waals surface area contributed by atoms with Gasteiger partial charge in [0.05, 0.1) is 53.0 Å². The maximum Gasteiger partial charge on any atom is 0.410 e. The zero-order valence-corrected chi connectivity index (χ0v) is 61.5. The van der Waals surface area contributed by atoms with Crippen molar-refractivity contribution in [1.29, 1.82) is 0 Å². The molecule has 108 heavy (non-hydrogen) atoms. The van der Waals surface area contributed by atoms with Crippen LogP contribution < -0.4 is 0 Å². The van der Waals surface area contributed by atoms with Gasteiger partial charge >= 0.3 is 24.1 Å². The Morgan fingerprint density at radius 2 is 0.806 bits per heavy atom. The number of ether oxygens (including phenoxy) is 3. The standard InChI is InChI=1S/C28H33N5O3.C27H28F3N5O3.C26H29N5O3/c1-20-14-23-15-22(6-9-25(23)27(35)36-20)10-11-31-12-13-32(28(2,3)17-31)26(34)16-21-4-7-24(8-5-21)33-19-29-18-30-33;1-18-12-21-13-20(4-7-23(21)26(37)38-18)8-9-33-10-11-34(24(15-33)27(28,29)30)25(36)14-19-2-5-22(6-3-19)35-17-31-16-32-35;1-19-14-22-15-21(4-7-24(22)26(33)34-19)8-9-29-10-12-30(13-11-29)25(32)16-20-2-5-23(6-3-20)31-18-27-17-28-31/h4-9,15,18-20H,10-14,16-17H2,1-3H3;2-7,13,16-18,24H,8-12,14-15H2,1H3;2-7,15,17-19H,8-14,16H2,1H3. The van der Waals surface area contributed by atoms with Crippen molar-refractivity contribution >= 4 is 35.6 Å². The lowest BCUT2D eigenvalue weighted by Gasteiger charge is -2.47. The van der Waals surface area contributed by atoms with E-state index >= 15 is 0 Å². The van der Waals surface area contributed by atoms with Crippen molar-refractivity contribution in [2.45, 2.75) is 128 Å². The molecule has 0 saturated carbocycles. The Labute approximate surface area is 625 Å². The summed E-state index contributed by atoms with van der Waals surface area (Å²) in [5.41, 5.74) is 13.4. The lowest BCUT2D eigenvalue weighted by atomic mass is 9.95. The molecule has 564 valence electrons. The summed E-state index contributed by atoms with van der Waals surface area (Å²) < 4.78 is 62.9. The number of carbonyl (C=O) groups excluding carboxylic acids is 6. The van der Waals surface area contributed by atoms with E-state index in [1.807, 2.05) is 116 Å². The smallest absolute Gasteiger partial charge is 0.410 e. The molecular formula is C81H90F3N15O9. The van der Waals surface area contributed by atoms with E-state index in [0.29, 0.717) is 61.0 Å². The van der Waals surface area contributed by atoms with Gasteiger partial charge in [0.2, 0.25) is 17.7 Å². The first-order chi connectivity index (χ1) is 52.0. The van der Waals surface area contributed by atoms with Gasteiger partial charge in [0.25, 0.3) is 0 Å². The van der Waals surface area contributed by atoms with Gasteiger partial charge in [0, 0.05) is 110 Å². The molecule has 0 aliphatic carbocycles. The number of amides is 3. The van der Waals surface area contributed by atoms with Gasteiger partial charge in [-0.25, -0.2) is 43.4 Å². The Hall–Kier alpha value is -10.8. The molecule has 6 aromatic carbocycles. The van der Waals surface area contributed by atoms with Crippen LogP contribution in [-0.4, -0.2) is 230 Å². The van der Waals surface area contributed by atoms with Crippen LogP contribution in [0.15, 0.2) is 165 Å². The zero-order valence-electron chi connectivity index (χ0n) is 61.5. The number of aromatic nitrogens is 9. The Morgan fingerprint density at radius 1 is 0.444 bits per heavy atom. The molecule has 9 aromatic rings. The van der Waals surface area contributed by atoms with Crippen LogP contribution in [0.2, 0.25) is 0 Å². The van der Waals surface area contributed by atoms with E-state index in [1.165, 1.54) is 36.4 Å². The van der Waals surface area contributed by atoms with E-state index in [2.05, 4.69) is 66.0 Å². The number of piperazine rings is 3. The van der Waals surface area contributed by atoms with Gasteiger partial charge in [0.15, 0.2) is 0 Å². The zero-order chi connectivity index (χ0) is 75.6. The molecule has 3 saturated heterocycles. The highest BCUT2D eigenvalue weighted by atomic mass is 19.4. The molecule has 4 atom stereocenters. The van der Waals surface area contributed by atoms with Gasteiger partial charge in [-0.05, 0) is 159 Å². The summed E-state index contributed by atoms with van der Waals surface area (Å²) in [7, 11) is 0. The Kier molecular flexibility index (Phi) is 23.5. The predicted molar refractivity (Wildman–Crippen MR) is 395 cm³/mol. The van der Waals surface area contributed by atoms with E-state index in [0.717, 1.165) is 140 Å². The summed E-state index contributed by atoms with van der Waals surface area (Å²) in [5.74, 6) is -0.995. The minimum atomic E-state index is -4.53. The van der Waals surface area contributed by atoms with Crippen molar-refractivity contribution in [2.24, 2.45) is 0 Å². The van der Waals surface area contributed by atoms with E-state index in [4.69, 9.17) is 14.2 Å². The average Bonchev–Trinajstić information content (AvgIpc) is 0.911. The lowest BCUT2D eigenvalue weighted by molar-refractivity contribution is -0.200. The number of halogens is 3. The van der Waals surface area contributed by atoms with Gasteiger partial charge < -0.3 is 28.9 Å². The van der Waals surface area contributed by atoms with E-state index in [9.17, 15) is 41.9 Å². The SMILES string of the molecule is CC1Cc2cc(CCN3CCN(C(=O)Cc4ccc(-n5cncn5)cc4)C(C(F)(F)F)C3)ccc2C(=O)O1.CC1Cc2cc(CCN3CCN(C(=O)Cc4ccc(-n5cncn5)cc4)C(C)(C)C3)ccc2C(=O)O1.CC1Cc2cc(CCN3CCN(C(=O)Cc4ccc(-n5cncn5)cc4)CC3)ccc2C(=O)O1. The molecule has 6 aliphatic heterocycles. The van der Waals surface area contributed by atoms with Crippen LogP contribution in [0.1, 0.15) is 116 Å². The normalized spacial score (nSPS) is 19.4. The van der Waals surface area contributed by atoms with Gasteiger partial charge in [-0.15, -0.1) is 0 Å². The molecule has 0 bridgehead atoms. The number of fused-ring (bicyclic) bond motifs is 3. The first-order valence-electron chi connectivity index (χ1n) is 36.9. The maximum atomic E-state index is 14.0. The highest BCUT2D eigenvalue weighted by Gasteiger charge is 2.48. The summed E-state index contributed by atoms with van der Waals surface area (Å²) in [6.45, 7) is 18.1. The van der Waals surface area contributed by atoms with E-state index in [-0.39, 0.29) is 73.1 Å². The number of carbonyl (C=O) groups is 6. The number of hydrogen-bond acceptors (Lipinski definition) is 18. The van der Waals surface area contributed by atoms with Crippen LogP contribution in [0, 0.1) is 0 Å². The van der Waals surface area contributed by atoms with Crippen LogP contribution in [-0.2, 0) is 86.4 Å². The first-order valence-corrected chi connectivity index (χ1v) is 36.9. The molecule has 27 heteroatoms. The van der Waals surface area contributed by atoms with Gasteiger partial charge in [-0.1, -0.05) is 72.8 Å². The van der Waals surface area contributed by atoms with Gasteiger partial charge in [0.1, 0.15) is 62.3 Å². The Bertz CT molecular complexity index is 4610. The van der Waals surface area contributed by atoms with Gasteiger partial charge in [-0.2, -0.15) is 28.5 Å². The molecule has 3 amide bonds. The van der Waals surface area contributed by atoms with E-state index < -0.39 is 18.1 Å². The third-order valence-corrected chi connectivity index (χ3v) is 20.9. The molecule has 4 unspecified atom stereocenters. The quantitative estimate of drug-likeness (QED) is 0.0577. The first kappa shape index (κ1) is 75.5. The van der Waals surface area contributed by atoms with Crippen molar-refractivity contribution in [3.8, 4) is 17.1 Å². The highest BCUT2D eigenvalue weighted by Crippen LogP contribution is 2.31.